The molecule has 1 aliphatic carbocycles. The molecule has 2 N–H and O–H groups in total. The van der Waals surface area contributed by atoms with Gasteiger partial charge in [0.25, 0.3) is 0 Å². The van der Waals surface area contributed by atoms with Crippen LogP contribution in [0, 0.1) is 0 Å². The van der Waals surface area contributed by atoms with Crippen LogP contribution in [0.4, 0.5) is 0 Å². The Morgan fingerprint density at radius 2 is 2.05 bits per heavy atom. The van der Waals surface area contributed by atoms with E-state index in [2.05, 4.69) is 10.1 Å². The van der Waals surface area contributed by atoms with Crippen LogP contribution >= 0.6 is 0 Å². The number of nitrogens with two attached hydrogens (primary N) is 1. The van der Waals surface area contributed by atoms with Crippen molar-refractivity contribution in [3.63, 3.8) is 0 Å². The third-order valence-electron chi connectivity index (χ3n) is 4.42. The van der Waals surface area contributed by atoms with Gasteiger partial charge in [-0.1, -0.05) is 35.8 Å². The van der Waals surface area contributed by atoms with E-state index < -0.39 is 0 Å². The largest absolute Gasteiger partial charge is 0.385 e. The van der Waals surface area contributed by atoms with Crippen molar-refractivity contribution in [3.8, 4) is 11.4 Å². The highest BCUT2D eigenvalue weighted by Crippen LogP contribution is 2.46. The topological polar surface area (TPSA) is 74.2 Å². The fourth-order valence-electron chi connectivity index (χ4n) is 2.82. The van der Waals surface area contributed by atoms with E-state index in [9.17, 15) is 0 Å². The molecule has 0 aliphatic heterocycles. The SMILES string of the molecule is COCCC1(c2nc(-c3ccc(CN)cc3)no2)CCC1. The van der Waals surface area contributed by atoms with Crippen LogP contribution in [0.5, 0.6) is 0 Å². The van der Waals surface area contributed by atoms with Gasteiger partial charge < -0.3 is 15.0 Å². The summed E-state index contributed by atoms with van der Waals surface area (Å²) in [7, 11) is 1.73. The number of hydrogen-bond donors (Lipinski definition) is 1. The zero-order chi connectivity index (χ0) is 14.7. The third-order valence-corrected chi connectivity index (χ3v) is 4.42. The van der Waals surface area contributed by atoms with E-state index in [1.165, 1.54) is 6.42 Å². The second-order valence-electron chi connectivity index (χ2n) is 5.70. The van der Waals surface area contributed by atoms with Gasteiger partial charge in [0, 0.05) is 25.8 Å². The summed E-state index contributed by atoms with van der Waals surface area (Å²) in [5, 5.41) is 4.14. The first-order chi connectivity index (χ1) is 10.3. The van der Waals surface area contributed by atoms with E-state index in [1.807, 2.05) is 24.3 Å². The second kappa shape index (κ2) is 5.95. The minimum Gasteiger partial charge on any atom is -0.385 e. The van der Waals surface area contributed by atoms with Crippen LogP contribution in [0.15, 0.2) is 28.8 Å². The number of hydrogen-bond acceptors (Lipinski definition) is 5. The summed E-state index contributed by atoms with van der Waals surface area (Å²) in [6.07, 6.45) is 4.36. The first kappa shape index (κ1) is 14.2. The third kappa shape index (κ3) is 2.71. The Morgan fingerprint density at radius 1 is 1.29 bits per heavy atom. The Hall–Kier alpha value is -1.72. The van der Waals surface area contributed by atoms with Crippen LogP contribution in [0.25, 0.3) is 11.4 Å². The first-order valence-corrected chi connectivity index (χ1v) is 7.40. The maximum absolute atomic E-state index is 5.61. The quantitative estimate of drug-likeness (QED) is 0.884. The summed E-state index contributed by atoms with van der Waals surface area (Å²) < 4.78 is 10.7. The molecule has 0 unspecified atom stereocenters. The molecule has 3 rings (SSSR count). The average Bonchev–Trinajstić information content (AvgIpc) is 2.96. The Kier molecular flexibility index (Phi) is 4.03. The molecule has 2 aromatic rings. The highest BCUT2D eigenvalue weighted by Gasteiger charge is 2.43. The summed E-state index contributed by atoms with van der Waals surface area (Å²) in [4.78, 5) is 4.62. The average molecular weight is 287 g/mol. The lowest BCUT2D eigenvalue weighted by atomic mass is 9.66. The summed E-state index contributed by atoms with van der Waals surface area (Å²) in [6, 6.07) is 7.96. The smallest absolute Gasteiger partial charge is 0.233 e. The predicted molar refractivity (Wildman–Crippen MR) is 79.6 cm³/mol. The molecule has 0 spiro atoms. The van der Waals surface area contributed by atoms with Gasteiger partial charge in [0.2, 0.25) is 11.7 Å². The van der Waals surface area contributed by atoms with Gasteiger partial charge in [0.15, 0.2) is 0 Å². The molecule has 0 radical (unpaired) electrons. The van der Waals surface area contributed by atoms with Crippen LogP contribution in [0.2, 0.25) is 0 Å². The van der Waals surface area contributed by atoms with Gasteiger partial charge in [-0.2, -0.15) is 4.98 Å². The lowest BCUT2D eigenvalue weighted by Crippen LogP contribution is -2.35. The molecule has 1 aromatic carbocycles. The van der Waals surface area contributed by atoms with Crippen LogP contribution < -0.4 is 5.73 Å². The van der Waals surface area contributed by atoms with Crippen molar-refractivity contribution in [3.05, 3.63) is 35.7 Å². The molecule has 5 heteroatoms. The van der Waals surface area contributed by atoms with Crippen molar-refractivity contribution >= 4 is 0 Å². The van der Waals surface area contributed by atoms with Gasteiger partial charge >= 0.3 is 0 Å². The zero-order valence-corrected chi connectivity index (χ0v) is 12.3. The molecule has 0 atom stereocenters. The minimum absolute atomic E-state index is 0.0262. The second-order valence-corrected chi connectivity index (χ2v) is 5.70. The molecule has 1 fully saturated rings. The van der Waals surface area contributed by atoms with E-state index in [0.29, 0.717) is 12.4 Å². The van der Waals surface area contributed by atoms with Crippen LogP contribution in [-0.4, -0.2) is 23.9 Å². The molecule has 0 amide bonds. The minimum atomic E-state index is 0.0262. The fourth-order valence-corrected chi connectivity index (χ4v) is 2.82. The Balaban J connectivity index is 1.81. The van der Waals surface area contributed by atoms with Gasteiger partial charge in [0.1, 0.15) is 0 Å². The van der Waals surface area contributed by atoms with Gasteiger partial charge in [-0.25, -0.2) is 0 Å². The van der Waals surface area contributed by atoms with Crippen LogP contribution in [-0.2, 0) is 16.7 Å². The lowest BCUT2D eigenvalue weighted by Gasteiger charge is -2.38. The summed E-state index contributed by atoms with van der Waals surface area (Å²) in [6.45, 7) is 1.26. The molecular formula is C16H21N3O2. The highest BCUT2D eigenvalue weighted by molar-refractivity contribution is 5.54. The van der Waals surface area contributed by atoms with Crippen molar-refractivity contribution in [2.24, 2.45) is 5.73 Å². The molecule has 0 saturated heterocycles. The number of benzene rings is 1. The molecule has 112 valence electrons. The van der Waals surface area contributed by atoms with Crippen molar-refractivity contribution in [2.75, 3.05) is 13.7 Å². The maximum Gasteiger partial charge on any atom is 0.233 e. The van der Waals surface area contributed by atoms with Crippen molar-refractivity contribution < 1.29 is 9.26 Å². The standard InChI is InChI=1S/C16H21N3O2/c1-20-10-9-16(7-2-8-16)15-18-14(19-21-15)13-5-3-12(11-17)4-6-13/h3-6H,2,7-11,17H2,1H3. The fraction of sp³-hybridized carbons (Fsp3) is 0.500. The van der Waals surface area contributed by atoms with Gasteiger partial charge in [-0.3, -0.25) is 0 Å². The number of nitrogens with zero attached hydrogens (tertiary/aromatic N) is 2. The van der Waals surface area contributed by atoms with Crippen molar-refractivity contribution in [2.45, 2.75) is 37.6 Å². The zero-order valence-electron chi connectivity index (χ0n) is 12.3. The van der Waals surface area contributed by atoms with Gasteiger partial charge in [-0.05, 0) is 24.8 Å². The number of methoxy groups -OCH3 is 1. The predicted octanol–water partition coefficient (Wildman–Crippen LogP) is 2.65. The molecule has 21 heavy (non-hydrogen) atoms. The Labute approximate surface area is 124 Å². The van der Waals surface area contributed by atoms with Crippen molar-refractivity contribution in [1.82, 2.24) is 10.1 Å². The van der Waals surface area contributed by atoms with Gasteiger partial charge in [0.05, 0.1) is 5.41 Å². The molecule has 0 bridgehead atoms. The number of rotatable bonds is 6. The van der Waals surface area contributed by atoms with Gasteiger partial charge in [-0.15, -0.1) is 0 Å². The van der Waals surface area contributed by atoms with Crippen molar-refractivity contribution in [1.29, 1.82) is 0 Å². The van der Waals surface area contributed by atoms with E-state index >= 15 is 0 Å². The van der Waals surface area contributed by atoms with Crippen LogP contribution in [0.3, 0.4) is 0 Å². The van der Waals surface area contributed by atoms with E-state index in [1.54, 1.807) is 7.11 Å². The molecule has 1 saturated carbocycles. The van der Waals surface area contributed by atoms with E-state index in [0.717, 1.165) is 42.9 Å². The molecule has 1 heterocycles. The summed E-state index contributed by atoms with van der Waals surface area (Å²) in [5.74, 6) is 1.40. The molecule has 5 nitrogen and oxygen atoms in total. The first-order valence-electron chi connectivity index (χ1n) is 7.40. The molecular weight excluding hydrogens is 266 g/mol. The number of ether oxygens (including phenoxy) is 1. The van der Waals surface area contributed by atoms with Crippen LogP contribution in [0.1, 0.15) is 37.1 Å². The Morgan fingerprint density at radius 3 is 2.62 bits per heavy atom. The summed E-state index contributed by atoms with van der Waals surface area (Å²) >= 11 is 0. The Bertz CT molecular complexity index is 588. The summed E-state index contributed by atoms with van der Waals surface area (Å²) in [5.41, 5.74) is 7.69. The monoisotopic (exact) mass is 287 g/mol. The maximum atomic E-state index is 5.61. The highest BCUT2D eigenvalue weighted by atomic mass is 16.5. The lowest BCUT2D eigenvalue weighted by molar-refractivity contribution is 0.104. The van der Waals surface area contributed by atoms with E-state index in [4.69, 9.17) is 15.0 Å². The normalized spacial score (nSPS) is 16.7. The number of aromatic nitrogens is 2. The van der Waals surface area contributed by atoms with E-state index in [-0.39, 0.29) is 5.41 Å². The molecule has 1 aliphatic rings. The molecule has 1 aromatic heterocycles.